The highest BCUT2D eigenvalue weighted by Crippen LogP contribution is 2.21. The monoisotopic (exact) mass is 314 g/mol. The van der Waals surface area contributed by atoms with Crippen LogP contribution >= 0.6 is 0 Å². The van der Waals surface area contributed by atoms with Crippen molar-refractivity contribution in [1.82, 2.24) is 9.97 Å². The van der Waals surface area contributed by atoms with Gasteiger partial charge in [-0.25, -0.2) is 9.97 Å². The van der Waals surface area contributed by atoms with Crippen molar-refractivity contribution in [2.45, 2.75) is 18.9 Å². The molecule has 1 aromatic heterocycles. The lowest BCUT2D eigenvalue weighted by Gasteiger charge is -2.17. The summed E-state index contributed by atoms with van der Waals surface area (Å²) in [6.07, 6.45) is 3.35. The third-order valence-electron chi connectivity index (χ3n) is 4.04. The number of aliphatic hydroxyl groups excluding tert-OH is 1. The Morgan fingerprint density at radius 3 is 2.87 bits per heavy atom. The number of anilines is 2. The van der Waals surface area contributed by atoms with Gasteiger partial charge >= 0.3 is 0 Å². The van der Waals surface area contributed by atoms with E-state index in [9.17, 15) is 5.11 Å². The summed E-state index contributed by atoms with van der Waals surface area (Å²) in [6.45, 7) is 2.47. The summed E-state index contributed by atoms with van der Waals surface area (Å²) < 4.78 is 5.18. The van der Waals surface area contributed by atoms with Crippen LogP contribution in [0.25, 0.3) is 0 Å². The molecule has 2 N–H and O–H groups in total. The summed E-state index contributed by atoms with van der Waals surface area (Å²) in [5, 5.41) is 13.5. The SMILES string of the molecule is COc1cccc([C@@H](O)CNc2cc(N3CCCC3)ncn2)c1. The van der Waals surface area contributed by atoms with Gasteiger partial charge < -0.3 is 20.1 Å². The fourth-order valence-electron chi connectivity index (χ4n) is 2.73. The minimum Gasteiger partial charge on any atom is -0.497 e. The van der Waals surface area contributed by atoms with E-state index < -0.39 is 6.10 Å². The minimum atomic E-state index is -0.629. The zero-order valence-corrected chi connectivity index (χ0v) is 13.3. The van der Waals surface area contributed by atoms with Crippen LogP contribution in [-0.2, 0) is 0 Å². The zero-order valence-electron chi connectivity index (χ0n) is 13.3. The van der Waals surface area contributed by atoms with Gasteiger partial charge in [0.25, 0.3) is 0 Å². The Balaban J connectivity index is 1.62. The van der Waals surface area contributed by atoms with Crippen LogP contribution in [0.15, 0.2) is 36.7 Å². The van der Waals surface area contributed by atoms with Crippen LogP contribution in [0.5, 0.6) is 5.75 Å². The molecule has 0 saturated carbocycles. The quantitative estimate of drug-likeness (QED) is 0.852. The largest absolute Gasteiger partial charge is 0.497 e. The maximum atomic E-state index is 10.3. The molecule has 0 radical (unpaired) electrons. The van der Waals surface area contributed by atoms with Gasteiger partial charge in [0.15, 0.2) is 0 Å². The number of ether oxygens (including phenoxy) is 1. The second-order valence-corrected chi connectivity index (χ2v) is 5.63. The summed E-state index contributed by atoms with van der Waals surface area (Å²) in [5.41, 5.74) is 0.811. The summed E-state index contributed by atoms with van der Waals surface area (Å²) in [5.74, 6) is 2.40. The smallest absolute Gasteiger partial charge is 0.134 e. The van der Waals surface area contributed by atoms with Crippen molar-refractivity contribution in [3.8, 4) is 5.75 Å². The molecule has 3 rings (SSSR count). The Bertz CT molecular complexity index is 644. The molecular weight excluding hydrogens is 292 g/mol. The van der Waals surface area contributed by atoms with Crippen molar-refractivity contribution in [3.05, 3.63) is 42.2 Å². The normalized spacial score (nSPS) is 15.5. The molecule has 0 amide bonds. The van der Waals surface area contributed by atoms with E-state index in [1.54, 1.807) is 13.4 Å². The Labute approximate surface area is 136 Å². The second kappa shape index (κ2) is 7.28. The topological polar surface area (TPSA) is 70.5 Å². The first-order valence-corrected chi connectivity index (χ1v) is 7.89. The van der Waals surface area contributed by atoms with Crippen molar-refractivity contribution in [3.63, 3.8) is 0 Å². The van der Waals surface area contributed by atoms with Crippen LogP contribution < -0.4 is 15.0 Å². The molecule has 1 aromatic carbocycles. The molecule has 23 heavy (non-hydrogen) atoms. The Hall–Kier alpha value is -2.34. The molecular formula is C17H22N4O2. The van der Waals surface area contributed by atoms with Gasteiger partial charge in [0.1, 0.15) is 23.7 Å². The molecule has 2 aromatic rings. The minimum absolute atomic E-state index is 0.379. The van der Waals surface area contributed by atoms with Crippen molar-refractivity contribution in [2.24, 2.45) is 0 Å². The van der Waals surface area contributed by atoms with Crippen LogP contribution in [0.4, 0.5) is 11.6 Å². The lowest BCUT2D eigenvalue weighted by molar-refractivity contribution is 0.191. The number of hydrogen-bond donors (Lipinski definition) is 2. The van der Waals surface area contributed by atoms with E-state index in [1.807, 2.05) is 30.3 Å². The molecule has 0 spiro atoms. The first-order chi connectivity index (χ1) is 11.3. The van der Waals surface area contributed by atoms with Gasteiger partial charge in [-0.2, -0.15) is 0 Å². The highest BCUT2D eigenvalue weighted by atomic mass is 16.5. The van der Waals surface area contributed by atoms with Gasteiger partial charge in [0.05, 0.1) is 13.2 Å². The van der Waals surface area contributed by atoms with Crippen molar-refractivity contribution < 1.29 is 9.84 Å². The number of aromatic nitrogens is 2. The van der Waals surface area contributed by atoms with Gasteiger partial charge in [-0.05, 0) is 30.5 Å². The molecule has 1 fully saturated rings. The van der Waals surface area contributed by atoms with Crippen LogP contribution in [0.1, 0.15) is 24.5 Å². The molecule has 122 valence electrons. The maximum Gasteiger partial charge on any atom is 0.134 e. The fraction of sp³-hybridized carbons (Fsp3) is 0.412. The molecule has 1 aliphatic heterocycles. The van der Waals surface area contributed by atoms with Crippen molar-refractivity contribution in [2.75, 3.05) is 37.0 Å². The van der Waals surface area contributed by atoms with E-state index in [2.05, 4.69) is 20.2 Å². The van der Waals surface area contributed by atoms with Gasteiger partial charge in [0, 0.05) is 25.7 Å². The van der Waals surface area contributed by atoms with Crippen LogP contribution in [-0.4, -0.2) is 41.8 Å². The van der Waals surface area contributed by atoms with Gasteiger partial charge in [-0.1, -0.05) is 12.1 Å². The number of nitrogens with zero attached hydrogens (tertiary/aromatic N) is 3. The summed E-state index contributed by atoms with van der Waals surface area (Å²) in [6, 6.07) is 9.38. The van der Waals surface area contributed by atoms with Crippen molar-refractivity contribution in [1.29, 1.82) is 0 Å². The third-order valence-corrected chi connectivity index (χ3v) is 4.04. The van der Waals surface area contributed by atoms with Gasteiger partial charge in [-0.3, -0.25) is 0 Å². The van der Waals surface area contributed by atoms with Gasteiger partial charge in [-0.15, -0.1) is 0 Å². The average Bonchev–Trinajstić information content (AvgIpc) is 3.14. The summed E-state index contributed by atoms with van der Waals surface area (Å²) in [7, 11) is 1.62. The molecule has 0 unspecified atom stereocenters. The average molecular weight is 314 g/mol. The number of hydrogen-bond acceptors (Lipinski definition) is 6. The van der Waals surface area contributed by atoms with E-state index in [0.29, 0.717) is 6.54 Å². The van der Waals surface area contributed by atoms with E-state index in [0.717, 1.165) is 36.0 Å². The molecule has 0 bridgehead atoms. The first kappa shape index (κ1) is 15.6. The lowest BCUT2D eigenvalue weighted by atomic mass is 10.1. The van der Waals surface area contributed by atoms with E-state index in [1.165, 1.54) is 12.8 Å². The number of nitrogens with one attached hydrogen (secondary N) is 1. The van der Waals surface area contributed by atoms with E-state index in [-0.39, 0.29) is 0 Å². The maximum absolute atomic E-state index is 10.3. The molecule has 0 aliphatic carbocycles. The lowest BCUT2D eigenvalue weighted by Crippen LogP contribution is -2.20. The summed E-state index contributed by atoms with van der Waals surface area (Å²) >= 11 is 0. The highest BCUT2D eigenvalue weighted by molar-refractivity contribution is 5.49. The van der Waals surface area contributed by atoms with E-state index in [4.69, 9.17) is 4.74 Å². The standard InChI is InChI=1S/C17H22N4O2/c1-23-14-6-4-5-13(9-14)15(22)11-18-16-10-17(20-12-19-16)21-7-2-3-8-21/h4-6,9-10,12,15,22H,2-3,7-8,11H2,1H3,(H,18,19,20)/t15-/m0/s1. The number of benzene rings is 1. The molecule has 2 heterocycles. The zero-order chi connectivity index (χ0) is 16.1. The molecule has 1 saturated heterocycles. The highest BCUT2D eigenvalue weighted by Gasteiger charge is 2.14. The van der Waals surface area contributed by atoms with Crippen LogP contribution in [0, 0.1) is 0 Å². The molecule has 1 aliphatic rings. The number of methoxy groups -OCH3 is 1. The molecule has 6 heteroatoms. The fourth-order valence-corrected chi connectivity index (χ4v) is 2.73. The van der Waals surface area contributed by atoms with E-state index >= 15 is 0 Å². The van der Waals surface area contributed by atoms with Crippen molar-refractivity contribution >= 4 is 11.6 Å². The predicted molar refractivity (Wildman–Crippen MR) is 89.9 cm³/mol. The molecule has 1 atom stereocenters. The third kappa shape index (κ3) is 3.90. The Morgan fingerprint density at radius 1 is 1.26 bits per heavy atom. The van der Waals surface area contributed by atoms with Gasteiger partial charge in [0.2, 0.25) is 0 Å². The van der Waals surface area contributed by atoms with Crippen LogP contribution in [0.2, 0.25) is 0 Å². The first-order valence-electron chi connectivity index (χ1n) is 7.89. The van der Waals surface area contributed by atoms with Crippen LogP contribution in [0.3, 0.4) is 0 Å². The summed E-state index contributed by atoms with van der Waals surface area (Å²) in [4.78, 5) is 10.8. The Kier molecular flexibility index (Phi) is 4.92. The number of aliphatic hydroxyl groups is 1. The number of rotatable bonds is 6. The Morgan fingerprint density at radius 2 is 2.09 bits per heavy atom. The molecule has 6 nitrogen and oxygen atoms in total. The predicted octanol–water partition coefficient (Wildman–Crippen LogP) is 2.23. The second-order valence-electron chi connectivity index (χ2n) is 5.63.